The molecule has 2 rings (SSSR count). The van der Waals surface area contributed by atoms with Gasteiger partial charge in [0.2, 0.25) is 0 Å². The average Bonchev–Trinajstić information content (AvgIpc) is 2.46. The van der Waals surface area contributed by atoms with E-state index in [0.29, 0.717) is 5.92 Å². The van der Waals surface area contributed by atoms with Gasteiger partial charge in [-0.05, 0) is 62.4 Å². The molecule has 1 aromatic rings. The van der Waals surface area contributed by atoms with Gasteiger partial charge in [0.15, 0.2) is 0 Å². The molecule has 1 heterocycles. The molecule has 0 aliphatic carbocycles. The van der Waals surface area contributed by atoms with Crippen molar-refractivity contribution in [3.63, 3.8) is 0 Å². The van der Waals surface area contributed by atoms with Crippen LogP contribution in [0.3, 0.4) is 0 Å². The molecule has 0 amide bonds. The summed E-state index contributed by atoms with van der Waals surface area (Å²) >= 11 is 0. The molecule has 2 N–H and O–H groups in total. The van der Waals surface area contributed by atoms with Gasteiger partial charge in [0.1, 0.15) is 0 Å². The van der Waals surface area contributed by atoms with E-state index in [2.05, 4.69) is 41.8 Å². The number of piperidine rings is 1. The second-order valence-electron chi connectivity index (χ2n) is 5.36. The van der Waals surface area contributed by atoms with Crippen molar-refractivity contribution in [3.05, 3.63) is 35.4 Å². The van der Waals surface area contributed by atoms with E-state index in [0.717, 1.165) is 12.5 Å². The summed E-state index contributed by atoms with van der Waals surface area (Å²) in [5.41, 5.74) is 3.05. The van der Waals surface area contributed by atoms with Crippen LogP contribution in [0.1, 0.15) is 49.1 Å². The molecule has 2 heteroatoms. The van der Waals surface area contributed by atoms with Crippen LogP contribution < -0.4 is 10.6 Å². The van der Waals surface area contributed by atoms with E-state index in [9.17, 15) is 0 Å². The minimum absolute atomic E-state index is 0.650. The van der Waals surface area contributed by atoms with Gasteiger partial charge in [0.25, 0.3) is 0 Å². The summed E-state index contributed by atoms with van der Waals surface area (Å²) in [4.78, 5) is 0. The fourth-order valence-corrected chi connectivity index (χ4v) is 2.97. The van der Waals surface area contributed by atoms with Gasteiger partial charge < -0.3 is 10.6 Å². The second kappa shape index (κ2) is 6.91. The minimum atomic E-state index is 0.650. The van der Waals surface area contributed by atoms with E-state index in [4.69, 9.17) is 0 Å². The zero-order valence-corrected chi connectivity index (χ0v) is 11.7. The molecule has 2 nitrogen and oxygen atoms in total. The van der Waals surface area contributed by atoms with E-state index < -0.39 is 0 Å². The van der Waals surface area contributed by atoms with Crippen molar-refractivity contribution in [2.45, 2.75) is 38.0 Å². The summed E-state index contributed by atoms with van der Waals surface area (Å²) in [5, 5.41) is 6.75. The second-order valence-corrected chi connectivity index (χ2v) is 5.36. The van der Waals surface area contributed by atoms with Crippen molar-refractivity contribution >= 4 is 0 Å². The predicted molar refractivity (Wildman–Crippen MR) is 78.2 cm³/mol. The van der Waals surface area contributed by atoms with Crippen LogP contribution in [0.4, 0.5) is 0 Å². The quantitative estimate of drug-likeness (QED) is 0.835. The highest BCUT2D eigenvalue weighted by Gasteiger charge is 2.16. The summed E-state index contributed by atoms with van der Waals surface area (Å²) < 4.78 is 0. The van der Waals surface area contributed by atoms with E-state index in [1.54, 1.807) is 5.56 Å². The van der Waals surface area contributed by atoms with E-state index in [-0.39, 0.29) is 0 Å². The zero-order valence-electron chi connectivity index (χ0n) is 11.7. The molecule has 0 saturated carbocycles. The molecule has 18 heavy (non-hydrogen) atoms. The van der Waals surface area contributed by atoms with Crippen molar-refractivity contribution in [1.29, 1.82) is 0 Å². The number of likely N-dealkylation sites (N-methyl/N-ethyl adjacent to an activating group) is 1. The number of rotatable bonds is 5. The average molecular weight is 246 g/mol. The van der Waals surface area contributed by atoms with Crippen molar-refractivity contribution in [3.8, 4) is 0 Å². The molecule has 1 unspecified atom stereocenters. The van der Waals surface area contributed by atoms with Gasteiger partial charge >= 0.3 is 0 Å². The first-order chi connectivity index (χ1) is 8.85. The maximum Gasteiger partial charge on any atom is 0.00170 e. The van der Waals surface area contributed by atoms with Crippen molar-refractivity contribution in [2.24, 2.45) is 0 Å². The van der Waals surface area contributed by atoms with Crippen LogP contribution in [0.15, 0.2) is 24.3 Å². The molecular weight excluding hydrogens is 220 g/mol. The lowest BCUT2D eigenvalue weighted by Gasteiger charge is -2.24. The van der Waals surface area contributed by atoms with Crippen molar-refractivity contribution < 1.29 is 0 Å². The smallest absolute Gasteiger partial charge is 0.00170 e. The predicted octanol–water partition coefficient (Wildman–Crippen LogP) is 2.87. The Morgan fingerprint density at radius 3 is 2.78 bits per heavy atom. The van der Waals surface area contributed by atoms with Crippen LogP contribution in [0.2, 0.25) is 0 Å². The molecule has 0 aromatic heterocycles. The third-order valence-electron chi connectivity index (χ3n) is 4.14. The zero-order chi connectivity index (χ0) is 12.8. The Kier molecular flexibility index (Phi) is 5.21. The molecule has 0 bridgehead atoms. The summed E-state index contributed by atoms with van der Waals surface area (Å²) in [6, 6.07) is 9.29. The largest absolute Gasteiger partial charge is 0.319 e. The SMILES string of the molecule is CCC(CNC)c1cccc(C2CCNCC2)c1. The van der Waals surface area contributed by atoms with Gasteiger partial charge in [-0.3, -0.25) is 0 Å². The Morgan fingerprint density at radius 1 is 1.33 bits per heavy atom. The topological polar surface area (TPSA) is 24.1 Å². The summed E-state index contributed by atoms with van der Waals surface area (Å²) in [6.07, 6.45) is 3.77. The molecule has 100 valence electrons. The third kappa shape index (κ3) is 3.33. The Labute approximate surface area is 111 Å². The van der Waals surface area contributed by atoms with Crippen LogP contribution in [0, 0.1) is 0 Å². The van der Waals surface area contributed by atoms with Crippen LogP contribution in [0.25, 0.3) is 0 Å². The lowest BCUT2D eigenvalue weighted by Crippen LogP contribution is -2.26. The van der Waals surface area contributed by atoms with Gasteiger partial charge in [-0.1, -0.05) is 31.2 Å². The van der Waals surface area contributed by atoms with Crippen molar-refractivity contribution in [2.75, 3.05) is 26.7 Å². The van der Waals surface area contributed by atoms with E-state index in [1.807, 2.05) is 7.05 Å². The summed E-state index contributed by atoms with van der Waals surface area (Å²) in [6.45, 7) is 5.69. The normalized spacial score (nSPS) is 18.8. The molecule has 1 aliphatic rings. The molecule has 1 saturated heterocycles. The van der Waals surface area contributed by atoms with Crippen LogP contribution in [0.5, 0.6) is 0 Å². The maximum absolute atomic E-state index is 3.44. The standard InChI is InChI=1S/C16H26N2/c1-3-13(12-17-2)15-5-4-6-16(11-15)14-7-9-18-10-8-14/h4-6,11,13-14,17-18H,3,7-10,12H2,1-2H3. The Hall–Kier alpha value is -0.860. The number of benzene rings is 1. The molecule has 1 fully saturated rings. The van der Waals surface area contributed by atoms with Crippen LogP contribution in [-0.4, -0.2) is 26.7 Å². The lowest BCUT2D eigenvalue weighted by atomic mass is 9.87. The summed E-state index contributed by atoms with van der Waals surface area (Å²) in [5.74, 6) is 1.41. The fourth-order valence-electron chi connectivity index (χ4n) is 2.97. The summed E-state index contributed by atoms with van der Waals surface area (Å²) in [7, 11) is 2.04. The number of nitrogens with one attached hydrogen (secondary N) is 2. The highest BCUT2D eigenvalue weighted by Crippen LogP contribution is 2.28. The molecule has 1 aliphatic heterocycles. The van der Waals surface area contributed by atoms with Gasteiger partial charge in [-0.25, -0.2) is 0 Å². The van der Waals surface area contributed by atoms with Gasteiger partial charge in [0, 0.05) is 6.54 Å². The third-order valence-corrected chi connectivity index (χ3v) is 4.14. The highest BCUT2D eigenvalue weighted by atomic mass is 14.9. The minimum Gasteiger partial charge on any atom is -0.319 e. The molecule has 1 aromatic carbocycles. The van der Waals surface area contributed by atoms with Gasteiger partial charge in [-0.15, -0.1) is 0 Å². The first-order valence-electron chi connectivity index (χ1n) is 7.30. The van der Waals surface area contributed by atoms with Gasteiger partial charge in [-0.2, -0.15) is 0 Å². The first kappa shape index (κ1) is 13.6. The lowest BCUT2D eigenvalue weighted by molar-refractivity contribution is 0.460. The molecule has 1 atom stereocenters. The highest BCUT2D eigenvalue weighted by molar-refractivity contribution is 5.29. The van der Waals surface area contributed by atoms with Crippen LogP contribution in [-0.2, 0) is 0 Å². The van der Waals surface area contributed by atoms with E-state index >= 15 is 0 Å². The van der Waals surface area contributed by atoms with E-state index in [1.165, 1.54) is 37.9 Å². The molecular formula is C16H26N2. The fraction of sp³-hybridized carbons (Fsp3) is 0.625. The Morgan fingerprint density at radius 2 is 2.11 bits per heavy atom. The first-order valence-corrected chi connectivity index (χ1v) is 7.30. The molecule has 0 spiro atoms. The number of hydrogen-bond donors (Lipinski definition) is 2. The van der Waals surface area contributed by atoms with Crippen molar-refractivity contribution in [1.82, 2.24) is 10.6 Å². The Balaban J connectivity index is 2.12. The van der Waals surface area contributed by atoms with Crippen LogP contribution >= 0.6 is 0 Å². The number of hydrogen-bond acceptors (Lipinski definition) is 2. The monoisotopic (exact) mass is 246 g/mol. The van der Waals surface area contributed by atoms with Gasteiger partial charge in [0.05, 0.1) is 0 Å². The maximum atomic E-state index is 3.44. The molecule has 0 radical (unpaired) electrons. The Bertz CT molecular complexity index is 336.